The number of nitrogens with zero attached hydrogens (tertiary/aromatic N) is 4. The number of benzene rings is 1. The number of sulfone groups is 1. The van der Waals surface area contributed by atoms with Crippen molar-refractivity contribution < 1.29 is 26.4 Å². The monoisotopic (exact) mass is 599 g/mol. The second-order valence-corrected chi connectivity index (χ2v) is 13.1. The molecule has 2 heterocycles. The molecule has 1 saturated heterocycles. The molecule has 3 fully saturated rings. The molecule has 37 heavy (non-hydrogen) atoms. The smallest absolute Gasteiger partial charge is 0.304 e. The van der Waals surface area contributed by atoms with Crippen LogP contribution in [0.4, 0.5) is 19.0 Å². The third-order valence-electron chi connectivity index (χ3n) is 7.45. The van der Waals surface area contributed by atoms with Crippen molar-refractivity contribution in [2.45, 2.75) is 79.4 Å². The average Bonchev–Trinajstić information content (AvgIpc) is 3.23. The van der Waals surface area contributed by atoms with Crippen LogP contribution in [0, 0.1) is 18.3 Å². The fraction of sp³-hybridized carbons (Fsp3) is 0.542. The lowest BCUT2D eigenvalue weighted by Crippen LogP contribution is -2.51. The maximum atomic E-state index is 13.9. The van der Waals surface area contributed by atoms with Gasteiger partial charge in [0.2, 0.25) is 5.91 Å². The van der Waals surface area contributed by atoms with Gasteiger partial charge in [0.1, 0.15) is 11.4 Å². The molecule has 13 heteroatoms. The minimum absolute atomic E-state index is 0.108. The highest BCUT2D eigenvalue weighted by Crippen LogP contribution is 2.46. The lowest BCUT2D eigenvalue weighted by molar-refractivity contribution is -0.140. The van der Waals surface area contributed by atoms with Crippen molar-refractivity contribution >= 4 is 37.5 Å². The van der Waals surface area contributed by atoms with Crippen molar-refractivity contribution in [1.82, 2.24) is 15.1 Å². The summed E-state index contributed by atoms with van der Waals surface area (Å²) in [5.41, 5.74) is -1.60. The summed E-state index contributed by atoms with van der Waals surface area (Å²) in [6, 6.07) is 6.10. The lowest BCUT2D eigenvalue weighted by Gasteiger charge is -2.34. The van der Waals surface area contributed by atoms with Crippen molar-refractivity contribution in [3.8, 4) is 6.07 Å². The van der Waals surface area contributed by atoms with E-state index in [0.717, 1.165) is 31.4 Å². The summed E-state index contributed by atoms with van der Waals surface area (Å²) in [7, 11) is -4.42. The maximum absolute atomic E-state index is 13.9. The number of halogens is 4. The van der Waals surface area contributed by atoms with E-state index < -0.39 is 49.2 Å². The van der Waals surface area contributed by atoms with Gasteiger partial charge < -0.3 is 5.32 Å². The third-order valence-corrected chi connectivity index (χ3v) is 10.1. The van der Waals surface area contributed by atoms with Crippen LogP contribution in [0.3, 0.4) is 0 Å². The lowest BCUT2D eigenvalue weighted by atomic mass is 9.93. The first-order chi connectivity index (χ1) is 17.4. The molecule has 2 atom stereocenters. The summed E-state index contributed by atoms with van der Waals surface area (Å²) in [5.74, 6) is 0.0377. The molecule has 2 saturated carbocycles. The minimum Gasteiger partial charge on any atom is -0.304 e. The normalized spacial score (nSPS) is 23.4. The first-order valence-corrected chi connectivity index (χ1v) is 14.4. The van der Waals surface area contributed by atoms with Crippen LogP contribution in [0.1, 0.15) is 55.8 Å². The topological polar surface area (TPSA) is 108 Å². The van der Waals surface area contributed by atoms with Gasteiger partial charge in [-0.1, -0.05) is 15.9 Å². The van der Waals surface area contributed by atoms with E-state index in [1.165, 1.54) is 11.0 Å². The van der Waals surface area contributed by atoms with Crippen LogP contribution in [0.5, 0.6) is 0 Å². The highest BCUT2D eigenvalue weighted by atomic mass is 79.9. The average molecular weight is 600 g/mol. The van der Waals surface area contributed by atoms with E-state index in [9.17, 15) is 31.6 Å². The molecule has 1 aliphatic heterocycles. The Bertz CT molecular complexity index is 1390. The van der Waals surface area contributed by atoms with Gasteiger partial charge in [-0.15, -0.1) is 0 Å². The van der Waals surface area contributed by atoms with Crippen LogP contribution in [0.2, 0.25) is 0 Å². The Morgan fingerprint density at radius 3 is 2.57 bits per heavy atom. The van der Waals surface area contributed by atoms with Crippen molar-refractivity contribution in [1.29, 1.82) is 5.26 Å². The highest BCUT2D eigenvalue weighted by molar-refractivity contribution is 9.10. The Kier molecular flexibility index (Phi) is 6.44. The molecule has 1 N–H and O–H groups in total. The summed E-state index contributed by atoms with van der Waals surface area (Å²) in [5, 5.41) is 16.2. The highest BCUT2D eigenvalue weighted by Gasteiger charge is 2.55. The van der Waals surface area contributed by atoms with Gasteiger partial charge in [-0.2, -0.15) is 23.5 Å². The number of aryl methyl sites for hydroxylation is 1. The summed E-state index contributed by atoms with van der Waals surface area (Å²) < 4.78 is 69.5. The number of nitrogens with one attached hydrogen (secondary N) is 1. The Balaban J connectivity index is 1.45. The van der Waals surface area contributed by atoms with E-state index in [-0.39, 0.29) is 23.5 Å². The second kappa shape index (κ2) is 9.10. The zero-order chi connectivity index (χ0) is 26.8. The molecule has 198 valence electrons. The number of amides is 1. The van der Waals surface area contributed by atoms with Gasteiger partial charge in [0.25, 0.3) is 0 Å². The number of carbonyl (C=O) groups is 1. The fourth-order valence-electron chi connectivity index (χ4n) is 5.05. The standard InChI is InChI=1S/C24H25BrF3N5O3S/c1-14-9-21(33(31-14)16-3-2-4-16)32(23(13-29)7-8-23)22(34)19-11-17(12-30-19)37(35,36)20-6-5-15(25)10-18(20)24(26,27)28/h5-6,9-10,16-17,19,30H,2-4,7-8,11-12H2,1H3/t17-,19+/m1/s1. The molecule has 5 rings (SSSR count). The van der Waals surface area contributed by atoms with Gasteiger partial charge in [-0.3, -0.25) is 9.69 Å². The quantitative estimate of drug-likeness (QED) is 0.530. The van der Waals surface area contributed by atoms with E-state index in [1.807, 2.05) is 0 Å². The number of hydrogen-bond acceptors (Lipinski definition) is 6. The molecule has 2 aromatic rings. The summed E-state index contributed by atoms with van der Waals surface area (Å²) in [4.78, 5) is 14.5. The number of alkyl halides is 3. The van der Waals surface area contributed by atoms with Crippen LogP contribution < -0.4 is 10.2 Å². The number of nitriles is 1. The Hall–Kier alpha value is -2.43. The molecule has 1 amide bonds. The predicted octanol–water partition coefficient (Wildman–Crippen LogP) is 4.29. The van der Waals surface area contributed by atoms with Gasteiger partial charge >= 0.3 is 6.18 Å². The summed E-state index contributed by atoms with van der Waals surface area (Å²) in [6.07, 6.45) is -1.26. The van der Waals surface area contributed by atoms with E-state index >= 15 is 0 Å². The molecule has 0 spiro atoms. The first kappa shape index (κ1) is 26.2. The summed E-state index contributed by atoms with van der Waals surface area (Å²) >= 11 is 2.97. The zero-order valence-electron chi connectivity index (χ0n) is 19.9. The number of carbonyl (C=O) groups excluding carboxylic acids is 1. The van der Waals surface area contributed by atoms with E-state index in [1.54, 1.807) is 17.7 Å². The summed E-state index contributed by atoms with van der Waals surface area (Å²) in [6.45, 7) is 1.63. The molecule has 0 bridgehead atoms. The van der Waals surface area contributed by atoms with Gasteiger partial charge in [-0.05, 0) is 63.6 Å². The van der Waals surface area contributed by atoms with Crippen molar-refractivity contribution in [2.24, 2.45) is 0 Å². The zero-order valence-corrected chi connectivity index (χ0v) is 22.3. The largest absolute Gasteiger partial charge is 0.417 e. The van der Waals surface area contributed by atoms with Crippen molar-refractivity contribution in [3.05, 3.63) is 40.0 Å². The minimum atomic E-state index is -4.87. The molecule has 8 nitrogen and oxygen atoms in total. The second-order valence-electron chi connectivity index (χ2n) is 9.99. The molecule has 3 aliphatic rings. The van der Waals surface area contributed by atoms with Crippen LogP contribution in [-0.4, -0.2) is 47.5 Å². The third kappa shape index (κ3) is 4.57. The number of rotatable bonds is 6. The van der Waals surface area contributed by atoms with Gasteiger partial charge in [-0.25, -0.2) is 13.1 Å². The molecule has 0 unspecified atom stereocenters. The molecular weight excluding hydrogens is 575 g/mol. The number of aromatic nitrogens is 2. The number of hydrogen-bond donors (Lipinski definition) is 1. The van der Waals surface area contributed by atoms with E-state index in [0.29, 0.717) is 24.4 Å². The van der Waals surface area contributed by atoms with Crippen LogP contribution in [0.15, 0.2) is 33.6 Å². The van der Waals surface area contributed by atoms with Crippen LogP contribution in [-0.2, 0) is 20.8 Å². The molecule has 2 aliphatic carbocycles. The fourth-order valence-corrected chi connectivity index (χ4v) is 7.27. The molecule has 0 radical (unpaired) electrons. The first-order valence-electron chi connectivity index (χ1n) is 12.0. The van der Waals surface area contributed by atoms with Crippen molar-refractivity contribution in [2.75, 3.05) is 11.4 Å². The van der Waals surface area contributed by atoms with Gasteiger partial charge in [0, 0.05) is 17.1 Å². The van der Waals surface area contributed by atoms with Crippen LogP contribution in [0.25, 0.3) is 0 Å². The van der Waals surface area contributed by atoms with E-state index in [2.05, 4.69) is 32.4 Å². The Labute approximate surface area is 220 Å². The van der Waals surface area contributed by atoms with Gasteiger partial charge in [0.15, 0.2) is 9.84 Å². The van der Waals surface area contributed by atoms with Crippen LogP contribution >= 0.6 is 15.9 Å². The molecule has 1 aromatic carbocycles. The SMILES string of the molecule is Cc1cc(N(C(=O)[C@@H]2C[C@@H](S(=O)(=O)c3ccc(Br)cc3C(F)(F)F)CN2)C2(C#N)CC2)n(C2CCC2)n1. The Morgan fingerprint density at radius 2 is 2.00 bits per heavy atom. The molecule has 1 aromatic heterocycles. The van der Waals surface area contributed by atoms with Gasteiger partial charge in [0.05, 0.1) is 39.6 Å². The Morgan fingerprint density at radius 1 is 1.30 bits per heavy atom. The molecular formula is C24H25BrF3N5O3S. The van der Waals surface area contributed by atoms with E-state index in [4.69, 9.17) is 0 Å². The van der Waals surface area contributed by atoms with Crippen molar-refractivity contribution in [3.63, 3.8) is 0 Å². The predicted molar refractivity (Wildman–Crippen MR) is 131 cm³/mol. The maximum Gasteiger partial charge on any atom is 0.417 e. The number of anilines is 1.